The lowest BCUT2D eigenvalue weighted by Gasteiger charge is -2.31. The van der Waals surface area contributed by atoms with Crippen molar-refractivity contribution in [3.05, 3.63) is 0 Å². The Morgan fingerprint density at radius 2 is 2.07 bits per heavy atom. The Labute approximate surface area is 84.0 Å². The molecule has 1 aliphatic heterocycles. The number of aliphatic hydroxyl groups excluding tert-OH is 1. The second-order valence-corrected chi connectivity index (χ2v) is 3.94. The molecule has 5 nitrogen and oxygen atoms in total. The Bertz CT molecular complexity index is 190. The number of rotatable bonds is 4. The van der Waals surface area contributed by atoms with E-state index in [9.17, 15) is 4.79 Å². The largest absolute Gasteiger partial charge is 0.396 e. The highest BCUT2D eigenvalue weighted by Crippen LogP contribution is 2.15. The number of nitrogens with zero attached hydrogens (tertiary/aromatic N) is 1. The number of nitrogens with two attached hydrogens (primary N) is 2. The highest BCUT2D eigenvalue weighted by Gasteiger charge is 2.21. The minimum atomic E-state index is -0.569. The Balaban J connectivity index is 2.25. The molecule has 1 heterocycles. The van der Waals surface area contributed by atoms with E-state index in [2.05, 4.69) is 4.90 Å². The normalized spacial score (nSPS) is 22.1. The van der Waals surface area contributed by atoms with Crippen molar-refractivity contribution in [2.75, 3.05) is 26.2 Å². The second kappa shape index (κ2) is 5.29. The molecule has 0 aromatic rings. The van der Waals surface area contributed by atoms with E-state index in [0.717, 1.165) is 25.9 Å². The SMILES string of the molecule is NC(=O)C(N)CN1CCC(CO)CC1. The van der Waals surface area contributed by atoms with Crippen LogP contribution in [0.2, 0.25) is 0 Å². The van der Waals surface area contributed by atoms with Gasteiger partial charge in [0.25, 0.3) is 0 Å². The zero-order chi connectivity index (χ0) is 10.6. The van der Waals surface area contributed by atoms with Gasteiger partial charge in [-0.15, -0.1) is 0 Å². The molecule has 0 aromatic carbocycles. The molecule has 1 atom stereocenters. The lowest BCUT2D eigenvalue weighted by molar-refractivity contribution is -0.119. The van der Waals surface area contributed by atoms with Crippen LogP contribution in [-0.4, -0.2) is 48.2 Å². The van der Waals surface area contributed by atoms with E-state index in [0.29, 0.717) is 12.5 Å². The first kappa shape index (κ1) is 11.4. The minimum absolute atomic E-state index is 0.260. The molecule has 1 saturated heterocycles. The number of likely N-dealkylation sites (tertiary alicyclic amines) is 1. The molecule has 14 heavy (non-hydrogen) atoms. The fourth-order valence-electron chi connectivity index (χ4n) is 1.72. The third-order valence-electron chi connectivity index (χ3n) is 2.79. The van der Waals surface area contributed by atoms with Gasteiger partial charge in [-0.3, -0.25) is 4.79 Å². The lowest BCUT2D eigenvalue weighted by Crippen LogP contribution is -2.48. The number of piperidine rings is 1. The van der Waals surface area contributed by atoms with Gasteiger partial charge in [0.1, 0.15) is 0 Å². The molecule has 5 heteroatoms. The van der Waals surface area contributed by atoms with Gasteiger partial charge >= 0.3 is 0 Å². The molecule has 0 aromatic heterocycles. The molecule has 0 saturated carbocycles. The first-order valence-corrected chi connectivity index (χ1v) is 5.01. The van der Waals surface area contributed by atoms with Crippen molar-refractivity contribution in [3.8, 4) is 0 Å². The zero-order valence-corrected chi connectivity index (χ0v) is 8.35. The molecule has 0 spiro atoms. The number of aliphatic hydroxyl groups is 1. The molecule has 1 unspecified atom stereocenters. The topological polar surface area (TPSA) is 92.6 Å². The molecule has 1 amide bonds. The predicted octanol–water partition coefficient (Wildman–Crippen LogP) is -1.50. The summed E-state index contributed by atoms with van der Waals surface area (Å²) in [5.74, 6) is -0.0367. The van der Waals surface area contributed by atoms with E-state index in [-0.39, 0.29) is 6.61 Å². The Hall–Kier alpha value is -0.650. The zero-order valence-electron chi connectivity index (χ0n) is 8.35. The number of amides is 1. The first-order chi connectivity index (χ1) is 6.63. The van der Waals surface area contributed by atoms with Crippen molar-refractivity contribution in [1.29, 1.82) is 0 Å². The molecule has 82 valence electrons. The summed E-state index contributed by atoms with van der Waals surface area (Å²) in [6, 6.07) is -0.569. The summed E-state index contributed by atoms with van der Waals surface area (Å²) in [4.78, 5) is 12.9. The van der Waals surface area contributed by atoms with Crippen LogP contribution in [0.5, 0.6) is 0 Å². The summed E-state index contributed by atoms with van der Waals surface area (Å²) in [7, 11) is 0. The van der Waals surface area contributed by atoms with Crippen molar-refractivity contribution in [3.63, 3.8) is 0 Å². The van der Waals surface area contributed by atoms with Crippen LogP contribution in [0.15, 0.2) is 0 Å². The minimum Gasteiger partial charge on any atom is -0.396 e. The van der Waals surface area contributed by atoms with Crippen LogP contribution in [0, 0.1) is 5.92 Å². The molecule has 0 radical (unpaired) electrons. The number of hydrogen-bond acceptors (Lipinski definition) is 4. The van der Waals surface area contributed by atoms with E-state index < -0.39 is 11.9 Å². The summed E-state index contributed by atoms with van der Waals surface area (Å²) >= 11 is 0. The van der Waals surface area contributed by atoms with Gasteiger partial charge < -0.3 is 21.5 Å². The van der Waals surface area contributed by atoms with Crippen molar-refractivity contribution >= 4 is 5.91 Å². The third kappa shape index (κ3) is 3.25. The molecule has 0 aliphatic carbocycles. The molecule has 1 rings (SSSR count). The fourth-order valence-corrected chi connectivity index (χ4v) is 1.72. The van der Waals surface area contributed by atoms with Gasteiger partial charge in [0, 0.05) is 13.2 Å². The van der Waals surface area contributed by atoms with Gasteiger partial charge in [-0.25, -0.2) is 0 Å². The third-order valence-corrected chi connectivity index (χ3v) is 2.79. The maximum absolute atomic E-state index is 10.7. The molecule has 5 N–H and O–H groups in total. The van der Waals surface area contributed by atoms with Gasteiger partial charge in [0.2, 0.25) is 5.91 Å². The Morgan fingerprint density at radius 3 is 2.50 bits per heavy atom. The summed E-state index contributed by atoms with van der Waals surface area (Å²) in [6.45, 7) is 2.58. The monoisotopic (exact) mass is 201 g/mol. The van der Waals surface area contributed by atoms with Crippen LogP contribution in [-0.2, 0) is 4.79 Å². The van der Waals surface area contributed by atoms with E-state index in [4.69, 9.17) is 16.6 Å². The van der Waals surface area contributed by atoms with Crippen LogP contribution in [0.25, 0.3) is 0 Å². The second-order valence-electron chi connectivity index (χ2n) is 3.94. The number of hydrogen-bond donors (Lipinski definition) is 3. The molecular formula is C9H19N3O2. The van der Waals surface area contributed by atoms with Crippen molar-refractivity contribution in [2.45, 2.75) is 18.9 Å². The van der Waals surface area contributed by atoms with Crippen LogP contribution in [0.4, 0.5) is 0 Å². The highest BCUT2D eigenvalue weighted by atomic mass is 16.3. The van der Waals surface area contributed by atoms with E-state index in [1.807, 2.05) is 0 Å². The summed E-state index contributed by atoms with van der Waals surface area (Å²) in [5, 5.41) is 8.93. The quantitative estimate of drug-likeness (QED) is 0.516. The lowest BCUT2D eigenvalue weighted by atomic mass is 9.97. The fraction of sp³-hybridized carbons (Fsp3) is 0.889. The van der Waals surface area contributed by atoms with Gasteiger partial charge in [-0.05, 0) is 31.8 Å². The molecule has 1 fully saturated rings. The molecule has 1 aliphatic rings. The van der Waals surface area contributed by atoms with Crippen LogP contribution < -0.4 is 11.5 Å². The highest BCUT2D eigenvalue weighted by molar-refractivity contribution is 5.79. The van der Waals surface area contributed by atoms with Crippen molar-refractivity contribution in [2.24, 2.45) is 17.4 Å². The molecule has 0 bridgehead atoms. The maximum atomic E-state index is 10.7. The maximum Gasteiger partial charge on any atom is 0.235 e. The number of primary amides is 1. The smallest absolute Gasteiger partial charge is 0.235 e. The summed E-state index contributed by atoms with van der Waals surface area (Å²) < 4.78 is 0. The summed E-state index contributed by atoms with van der Waals surface area (Å²) in [5.41, 5.74) is 10.6. The van der Waals surface area contributed by atoms with E-state index >= 15 is 0 Å². The van der Waals surface area contributed by atoms with Crippen LogP contribution in [0.1, 0.15) is 12.8 Å². The van der Waals surface area contributed by atoms with E-state index in [1.54, 1.807) is 0 Å². The predicted molar refractivity (Wildman–Crippen MR) is 53.4 cm³/mol. The van der Waals surface area contributed by atoms with Gasteiger partial charge in [0.15, 0.2) is 0 Å². The van der Waals surface area contributed by atoms with Crippen LogP contribution >= 0.6 is 0 Å². The van der Waals surface area contributed by atoms with Gasteiger partial charge in [0.05, 0.1) is 6.04 Å². The van der Waals surface area contributed by atoms with Crippen LogP contribution in [0.3, 0.4) is 0 Å². The number of carbonyl (C=O) groups excluding carboxylic acids is 1. The Morgan fingerprint density at radius 1 is 1.50 bits per heavy atom. The van der Waals surface area contributed by atoms with E-state index in [1.165, 1.54) is 0 Å². The van der Waals surface area contributed by atoms with Crippen molar-refractivity contribution in [1.82, 2.24) is 4.90 Å². The average Bonchev–Trinajstić information content (AvgIpc) is 2.19. The standard InChI is InChI=1S/C9H19N3O2/c10-8(9(11)14)5-12-3-1-7(6-13)2-4-12/h7-8,13H,1-6,10H2,(H2,11,14). The number of carbonyl (C=O) groups is 1. The summed E-state index contributed by atoms with van der Waals surface area (Å²) in [6.07, 6.45) is 1.95. The molecular weight excluding hydrogens is 182 g/mol. The Kier molecular flexibility index (Phi) is 4.31. The van der Waals surface area contributed by atoms with Gasteiger partial charge in [-0.2, -0.15) is 0 Å². The first-order valence-electron chi connectivity index (χ1n) is 5.01. The van der Waals surface area contributed by atoms with Crippen molar-refractivity contribution < 1.29 is 9.90 Å². The van der Waals surface area contributed by atoms with Gasteiger partial charge in [-0.1, -0.05) is 0 Å². The average molecular weight is 201 g/mol.